The summed E-state index contributed by atoms with van der Waals surface area (Å²) in [6.07, 6.45) is 5.70. The van der Waals surface area contributed by atoms with Crippen LogP contribution in [0.5, 0.6) is 5.75 Å². The molecule has 2 aromatic carbocycles. The number of rotatable bonds is 6. The van der Waals surface area contributed by atoms with Crippen molar-refractivity contribution >= 4 is 10.8 Å². The van der Waals surface area contributed by atoms with Gasteiger partial charge in [0.2, 0.25) is 0 Å². The molecule has 0 fully saturated rings. The molecule has 0 saturated carbocycles. The Labute approximate surface area is 165 Å². The molecule has 5 nitrogen and oxygen atoms in total. The van der Waals surface area contributed by atoms with Crippen LogP contribution in [0.2, 0.25) is 0 Å². The quantitative estimate of drug-likeness (QED) is 0.538. The predicted molar refractivity (Wildman–Crippen MR) is 112 cm³/mol. The number of hydrogen-bond donors (Lipinski definition) is 1. The van der Waals surface area contributed by atoms with Crippen LogP contribution < -0.4 is 10.1 Å². The highest BCUT2D eigenvalue weighted by Crippen LogP contribution is 2.23. The molecule has 0 aliphatic heterocycles. The number of hydrogen-bond acceptors (Lipinski definition) is 4. The fourth-order valence-electron chi connectivity index (χ4n) is 3.55. The molecule has 1 unspecified atom stereocenters. The number of nitrogens with zero attached hydrogens (tertiary/aromatic N) is 3. The summed E-state index contributed by atoms with van der Waals surface area (Å²) in [7, 11) is 1.67. The molecule has 0 aliphatic carbocycles. The maximum absolute atomic E-state index is 5.24. The molecule has 1 N–H and O–H groups in total. The van der Waals surface area contributed by atoms with Crippen molar-refractivity contribution in [3.05, 3.63) is 83.9 Å². The first-order valence-corrected chi connectivity index (χ1v) is 9.41. The standard InChI is InChI=1S/C23H24N4O/c1-16(25-14-19-6-4-5-18-13-24-12-11-22(18)19)23-15-26-27(17(23)2)20-7-9-21(28-3)10-8-20/h4-13,15-16,25H,14H2,1-3H3. The monoisotopic (exact) mass is 372 g/mol. The Morgan fingerprint density at radius 3 is 2.68 bits per heavy atom. The average Bonchev–Trinajstić information content (AvgIpc) is 3.13. The predicted octanol–water partition coefficient (Wildman–Crippen LogP) is 4.59. The molecule has 5 heteroatoms. The number of aromatic nitrogens is 3. The van der Waals surface area contributed by atoms with Gasteiger partial charge in [-0.15, -0.1) is 0 Å². The molecular formula is C23H24N4O. The third-order valence-corrected chi connectivity index (χ3v) is 5.20. The number of pyridine rings is 1. The van der Waals surface area contributed by atoms with Crippen LogP contribution in [0.25, 0.3) is 16.5 Å². The second-order valence-electron chi connectivity index (χ2n) is 6.91. The van der Waals surface area contributed by atoms with Gasteiger partial charge in [0.1, 0.15) is 5.75 Å². The van der Waals surface area contributed by atoms with E-state index in [4.69, 9.17) is 4.74 Å². The van der Waals surface area contributed by atoms with Gasteiger partial charge in [0, 0.05) is 41.6 Å². The van der Waals surface area contributed by atoms with Crippen molar-refractivity contribution in [1.82, 2.24) is 20.1 Å². The first kappa shape index (κ1) is 18.2. The number of nitrogens with one attached hydrogen (secondary N) is 1. The smallest absolute Gasteiger partial charge is 0.119 e. The number of methoxy groups -OCH3 is 1. The van der Waals surface area contributed by atoms with Gasteiger partial charge in [-0.1, -0.05) is 18.2 Å². The van der Waals surface area contributed by atoms with E-state index in [9.17, 15) is 0 Å². The normalized spacial score (nSPS) is 12.2. The fraction of sp³-hybridized carbons (Fsp3) is 0.217. The molecule has 4 rings (SSSR count). The highest BCUT2D eigenvalue weighted by Gasteiger charge is 2.14. The number of benzene rings is 2. The van der Waals surface area contributed by atoms with E-state index in [-0.39, 0.29) is 6.04 Å². The zero-order valence-corrected chi connectivity index (χ0v) is 16.4. The molecule has 0 saturated heterocycles. The lowest BCUT2D eigenvalue weighted by Crippen LogP contribution is -2.18. The van der Waals surface area contributed by atoms with Crippen LogP contribution in [0.15, 0.2) is 67.1 Å². The van der Waals surface area contributed by atoms with Crippen LogP contribution in [0.3, 0.4) is 0 Å². The molecule has 0 bridgehead atoms. The molecule has 0 amide bonds. The van der Waals surface area contributed by atoms with Crippen LogP contribution in [0.1, 0.15) is 29.8 Å². The lowest BCUT2D eigenvalue weighted by atomic mass is 10.1. The lowest BCUT2D eigenvalue weighted by Gasteiger charge is -2.15. The van der Waals surface area contributed by atoms with Crippen LogP contribution in [-0.2, 0) is 6.54 Å². The average molecular weight is 372 g/mol. The Morgan fingerprint density at radius 1 is 1.07 bits per heavy atom. The zero-order valence-electron chi connectivity index (χ0n) is 16.4. The van der Waals surface area contributed by atoms with Crippen LogP contribution in [0.4, 0.5) is 0 Å². The van der Waals surface area contributed by atoms with Crippen LogP contribution in [-0.4, -0.2) is 21.9 Å². The minimum absolute atomic E-state index is 0.184. The molecule has 2 heterocycles. The summed E-state index contributed by atoms with van der Waals surface area (Å²) in [6, 6.07) is 16.5. The third-order valence-electron chi connectivity index (χ3n) is 5.20. The van der Waals surface area contributed by atoms with Crippen molar-refractivity contribution in [3.8, 4) is 11.4 Å². The van der Waals surface area contributed by atoms with Gasteiger partial charge < -0.3 is 10.1 Å². The molecule has 1 atom stereocenters. The minimum atomic E-state index is 0.184. The molecule has 2 aromatic heterocycles. The molecular weight excluding hydrogens is 348 g/mol. The summed E-state index contributed by atoms with van der Waals surface area (Å²) < 4.78 is 7.21. The highest BCUT2D eigenvalue weighted by molar-refractivity contribution is 5.84. The zero-order chi connectivity index (χ0) is 19.5. The Bertz CT molecular complexity index is 1080. The number of fused-ring (bicyclic) bond motifs is 1. The molecule has 4 aromatic rings. The van der Waals surface area contributed by atoms with E-state index in [0.29, 0.717) is 0 Å². The fourth-order valence-corrected chi connectivity index (χ4v) is 3.55. The van der Waals surface area contributed by atoms with Crippen molar-refractivity contribution in [2.24, 2.45) is 0 Å². The van der Waals surface area contributed by atoms with E-state index < -0.39 is 0 Å². The van der Waals surface area contributed by atoms with E-state index in [1.165, 1.54) is 16.5 Å². The van der Waals surface area contributed by atoms with Crippen LogP contribution in [0, 0.1) is 6.92 Å². The second kappa shape index (κ2) is 7.82. The van der Waals surface area contributed by atoms with Crippen molar-refractivity contribution in [2.75, 3.05) is 7.11 Å². The third kappa shape index (κ3) is 3.49. The maximum Gasteiger partial charge on any atom is 0.119 e. The first-order valence-electron chi connectivity index (χ1n) is 9.41. The summed E-state index contributed by atoms with van der Waals surface area (Å²) in [5.41, 5.74) is 4.62. The van der Waals surface area contributed by atoms with Crippen molar-refractivity contribution in [2.45, 2.75) is 26.4 Å². The SMILES string of the molecule is COc1ccc(-n2ncc(C(C)NCc3cccc4cnccc34)c2C)cc1. The summed E-state index contributed by atoms with van der Waals surface area (Å²) in [4.78, 5) is 4.21. The number of ether oxygens (including phenoxy) is 1. The molecule has 142 valence electrons. The van der Waals surface area contributed by atoms with Crippen molar-refractivity contribution in [3.63, 3.8) is 0 Å². The molecule has 0 aliphatic rings. The van der Waals surface area contributed by atoms with Crippen LogP contribution >= 0.6 is 0 Å². The Balaban J connectivity index is 1.52. The van der Waals surface area contributed by atoms with Crippen molar-refractivity contribution in [1.29, 1.82) is 0 Å². The Hall–Kier alpha value is -3.18. The summed E-state index contributed by atoms with van der Waals surface area (Å²) in [6.45, 7) is 5.07. The van der Waals surface area contributed by atoms with E-state index in [1.54, 1.807) is 7.11 Å². The second-order valence-corrected chi connectivity index (χ2v) is 6.91. The summed E-state index contributed by atoms with van der Waals surface area (Å²) in [5, 5.41) is 10.6. The van der Waals surface area contributed by atoms with E-state index in [2.05, 4.69) is 53.5 Å². The molecule has 0 radical (unpaired) electrons. The highest BCUT2D eigenvalue weighted by atomic mass is 16.5. The van der Waals surface area contributed by atoms with Gasteiger partial charge in [0.05, 0.1) is 19.0 Å². The van der Waals surface area contributed by atoms with Gasteiger partial charge in [0.15, 0.2) is 0 Å². The first-order chi connectivity index (χ1) is 13.7. The summed E-state index contributed by atoms with van der Waals surface area (Å²) in [5.74, 6) is 0.842. The van der Waals surface area contributed by atoms with Gasteiger partial charge in [-0.2, -0.15) is 5.10 Å². The Morgan fingerprint density at radius 2 is 1.89 bits per heavy atom. The van der Waals surface area contributed by atoms with E-state index in [1.807, 2.05) is 47.5 Å². The largest absolute Gasteiger partial charge is 0.497 e. The van der Waals surface area contributed by atoms with Gasteiger partial charge in [0.25, 0.3) is 0 Å². The summed E-state index contributed by atoms with van der Waals surface area (Å²) >= 11 is 0. The van der Waals surface area contributed by atoms with E-state index in [0.717, 1.165) is 29.1 Å². The maximum atomic E-state index is 5.24. The molecule has 28 heavy (non-hydrogen) atoms. The van der Waals surface area contributed by atoms with Crippen molar-refractivity contribution < 1.29 is 4.74 Å². The topological polar surface area (TPSA) is 52.0 Å². The van der Waals surface area contributed by atoms with Gasteiger partial charge in [-0.25, -0.2) is 4.68 Å². The van der Waals surface area contributed by atoms with Gasteiger partial charge in [-0.05, 0) is 55.1 Å². The molecule has 0 spiro atoms. The Kier molecular flexibility index (Phi) is 5.08. The lowest BCUT2D eigenvalue weighted by molar-refractivity contribution is 0.414. The van der Waals surface area contributed by atoms with Gasteiger partial charge in [-0.3, -0.25) is 4.98 Å². The minimum Gasteiger partial charge on any atom is -0.497 e. The van der Waals surface area contributed by atoms with Gasteiger partial charge >= 0.3 is 0 Å². The van der Waals surface area contributed by atoms with E-state index >= 15 is 0 Å².